The molecule has 4 aliphatic rings. The van der Waals surface area contributed by atoms with Crippen molar-refractivity contribution < 1.29 is 79.5 Å². The summed E-state index contributed by atoms with van der Waals surface area (Å²) in [7, 11) is 3.33. The van der Waals surface area contributed by atoms with Gasteiger partial charge in [-0.05, 0) is 206 Å². The second-order valence-corrected chi connectivity index (χ2v) is 28.1. The van der Waals surface area contributed by atoms with E-state index in [0.29, 0.717) is 26.4 Å². The van der Waals surface area contributed by atoms with Crippen molar-refractivity contribution in [3.8, 4) is 92.0 Å². The number of rotatable bonds is 10. The molecule has 0 amide bonds. The van der Waals surface area contributed by atoms with Gasteiger partial charge >= 0.3 is 0 Å². The molecule has 16 nitrogen and oxygen atoms in total. The van der Waals surface area contributed by atoms with E-state index < -0.39 is 0 Å². The quantitative estimate of drug-likeness (QED) is 0.0611. The molecule has 12 aromatic rings. The van der Waals surface area contributed by atoms with Crippen molar-refractivity contribution in [2.75, 3.05) is 40.6 Å². The number of fused-ring (bicyclic) bond motifs is 4. The van der Waals surface area contributed by atoms with Crippen molar-refractivity contribution >= 4 is 0 Å². The Morgan fingerprint density at radius 3 is 0.759 bits per heavy atom. The van der Waals surface area contributed by atoms with Crippen LogP contribution in [0.5, 0.6) is 92.0 Å². The van der Waals surface area contributed by atoms with E-state index >= 15 is 0 Å². The molecule has 8 unspecified atom stereocenters. The lowest BCUT2D eigenvalue weighted by atomic mass is 9.75. The zero-order valence-corrected chi connectivity index (χ0v) is 61.3. The minimum atomic E-state index is 0.0110. The first-order chi connectivity index (χ1) is 52.1. The SMILES string of the molecule is COc1ccc(C2c3ccc(O)c(C)c3OCC2c2ccc(O)cc2)cc1.COc1ccc(C2c3ccc(O)c(C)c3OCC2c2ccc(O)cc2)cc1C.Cc1c(O)ccc2c1OCC(c1ccc(O)cc1)C2c1ccc(O)cc1.Cc1cc(C2c3ccc(O)c(C)c3OCC2c2ccc(O)cc2)ccc1O. The lowest BCUT2D eigenvalue weighted by Gasteiger charge is -2.35. The summed E-state index contributed by atoms with van der Waals surface area (Å²) in [6.45, 7) is 13.3. The maximum Gasteiger partial charge on any atom is 0.129 e. The summed E-state index contributed by atoms with van der Waals surface area (Å²) in [6, 6.07) is 70.8. The summed E-state index contributed by atoms with van der Waals surface area (Å²) in [6.07, 6.45) is 0. The molecule has 108 heavy (non-hydrogen) atoms. The molecule has 552 valence electrons. The number of hydrogen-bond donors (Lipinski definition) is 10. The van der Waals surface area contributed by atoms with Crippen LogP contribution in [-0.4, -0.2) is 91.7 Å². The van der Waals surface area contributed by atoms with Crippen LogP contribution >= 0.6 is 0 Å². The normalized spacial score (nSPS) is 18.5. The smallest absolute Gasteiger partial charge is 0.129 e. The molecule has 0 fully saturated rings. The average molecular weight is 1450 g/mol. The van der Waals surface area contributed by atoms with Crippen molar-refractivity contribution in [1.82, 2.24) is 0 Å². The number of aromatic hydroxyl groups is 10. The number of aryl methyl sites for hydroxylation is 2. The fraction of sp³-hybridized carbons (Fsp3) is 0.217. The predicted octanol–water partition coefficient (Wildman–Crippen LogP) is 18.9. The maximum atomic E-state index is 10.1. The van der Waals surface area contributed by atoms with Crippen molar-refractivity contribution in [2.45, 2.75) is 88.9 Å². The minimum Gasteiger partial charge on any atom is -0.508 e. The Morgan fingerprint density at radius 2 is 0.491 bits per heavy atom. The topological polar surface area (TPSA) is 258 Å². The molecular formula is C92H88O16. The van der Waals surface area contributed by atoms with E-state index in [-0.39, 0.29) is 105 Å². The summed E-state index contributed by atoms with van der Waals surface area (Å²) in [5.74, 6) is 7.46. The molecule has 4 aliphatic heterocycles. The van der Waals surface area contributed by atoms with Crippen LogP contribution in [0.3, 0.4) is 0 Å². The molecule has 0 bridgehead atoms. The van der Waals surface area contributed by atoms with Crippen LogP contribution in [0.4, 0.5) is 0 Å². The molecule has 4 heterocycles. The molecule has 0 saturated heterocycles. The van der Waals surface area contributed by atoms with Crippen LogP contribution in [0, 0.1) is 41.5 Å². The van der Waals surface area contributed by atoms with Gasteiger partial charge in [0, 0.05) is 91.9 Å². The van der Waals surface area contributed by atoms with Crippen molar-refractivity contribution in [2.24, 2.45) is 0 Å². The fourth-order valence-electron chi connectivity index (χ4n) is 15.6. The Morgan fingerprint density at radius 1 is 0.250 bits per heavy atom. The number of benzene rings is 12. The number of phenolic OH excluding ortho intramolecular Hbond substituents is 10. The molecule has 0 radical (unpaired) electrons. The van der Waals surface area contributed by atoms with Gasteiger partial charge in [-0.1, -0.05) is 121 Å². The molecule has 8 atom stereocenters. The Kier molecular flexibility index (Phi) is 21.6. The lowest BCUT2D eigenvalue weighted by Crippen LogP contribution is -2.26. The van der Waals surface area contributed by atoms with E-state index in [1.54, 1.807) is 105 Å². The first-order valence-electron chi connectivity index (χ1n) is 35.9. The Labute approximate surface area is 628 Å². The van der Waals surface area contributed by atoms with Gasteiger partial charge in [-0.3, -0.25) is 0 Å². The molecule has 12 aromatic carbocycles. The van der Waals surface area contributed by atoms with Crippen molar-refractivity contribution in [3.63, 3.8) is 0 Å². The Bertz CT molecular complexity index is 5170. The van der Waals surface area contributed by atoms with Crippen molar-refractivity contribution in [3.05, 3.63) is 331 Å². The van der Waals surface area contributed by atoms with Gasteiger partial charge in [-0.15, -0.1) is 0 Å². The molecule has 0 saturated carbocycles. The summed E-state index contributed by atoms with van der Waals surface area (Å²) in [5.41, 5.74) is 17.8. The van der Waals surface area contributed by atoms with Gasteiger partial charge in [0.1, 0.15) is 92.0 Å². The van der Waals surface area contributed by atoms with Gasteiger partial charge in [-0.2, -0.15) is 0 Å². The molecule has 0 aliphatic carbocycles. The third kappa shape index (κ3) is 15.2. The monoisotopic (exact) mass is 1450 g/mol. The summed E-state index contributed by atoms with van der Waals surface area (Å²) < 4.78 is 35.0. The van der Waals surface area contributed by atoms with E-state index in [9.17, 15) is 51.1 Å². The largest absolute Gasteiger partial charge is 0.508 e. The third-order valence-corrected chi connectivity index (χ3v) is 21.6. The van der Waals surface area contributed by atoms with Crippen LogP contribution in [0.2, 0.25) is 0 Å². The second-order valence-electron chi connectivity index (χ2n) is 28.1. The first kappa shape index (κ1) is 73.7. The molecule has 16 rings (SSSR count). The molecule has 10 N–H and O–H groups in total. The fourth-order valence-corrected chi connectivity index (χ4v) is 15.6. The molecule has 0 aromatic heterocycles. The zero-order valence-electron chi connectivity index (χ0n) is 61.3. The lowest BCUT2D eigenvalue weighted by molar-refractivity contribution is 0.245. The standard InChI is InChI=1S/C24H24O4.2C23H22O4.C22H20O4/c1-14-12-17(6-11-22(14)27-3)23-19-9-10-21(26)15(2)24(19)28-13-20(23)16-4-7-18(25)8-5-16;1-14-21(25)12-11-19-22(16-5-9-18(26-2)10-6-16)20(13-27-23(14)19)15-3-7-17(24)8-4-15;1-13-11-16(5-9-20(13)25)22-18-8-10-21(26)14(2)23(18)27-12-19(22)15-3-6-17(24)7-4-15;1-13-20(25)11-10-18-21(15-4-8-17(24)9-5-15)19(12-26-22(13)18)14-2-6-16(23)7-3-14/h4-12,20,23,25-26H,13H2,1-3H3;3-12,20,22,24-25H,13H2,1-2H3;3-11,19,22,24-26H,12H2,1-2H3;2-11,19,21,23-25H,12H2,1H3. The van der Waals surface area contributed by atoms with Crippen LogP contribution in [0.25, 0.3) is 0 Å². The zero-order chi connectivity index (χ0) is 76.2. The molecule has 0 spiro atoms. The highest BCUT2D eigenvalue weighted by molar-refractivity contribution is 5.61. The first-order valence-corrected chi connectivity index (χ1v) is 35.9. The van der Waals surface area contributed by atoms with Gasteiger partial charge in [-0.25, -0.2) is 0 Å². The van der Waals surface area contributed by atoms with Gasteiger partial charge in [0.2, 0.25) is 0 Å². The van der Waals surface area contributed by atoms with Crippen LogP contribution < -0.4 is 28.4 Å². The summed E-state index contributed by atoms with van der Waals surface area (Å²) in [4.78, 5) is 0. The van der Waals surface area contributed by atoms with Gasteiger partial charge in [0.05, 0.1) is 40.6 Å². The van der Waals surface area contributed by atoms with E-state index in [1.165, 1.54) is 5.56 Å². The number of methoxy groups -OCH3 is 2. The highest BCUT2D eigenvalue weighted by atomic mass is 16.5. The highest BCUT2D eigenvalue weighted by Gasteiger charge is 2.40. The van der Waals surface area contributed by atoms with E-state index in [1.807, 2.05) is 157 Å². The van der Waals surface area contributed by atoms with Crippen LogP contribution in [-0.2, 0) is 0 Å². The summed E-state index contributed by atoms with van der Waals surface area (Å²) >= 11 is 0. The number of hydrogen-bond acceptors (Lipinski definition) is 16. The van der Waals surface area contributed by atoms with Crippen molar-refractivity contribution in [1.29, 1.82) is 0 Å². The van der Waals surface area contributed by atoms with Crippen LogP contribution in [0.15, 0.2) is 231 Å². The highest BCUT2D eigenvalue weighted by Crippen LogP contribution is 2.54. The third-order valence-electron chi connectivity index (χ3n) is 21.6. The van der Waals surface area contributed by atoms with Gasteiger partial charge in [0.25, 0.3) is 0 Å². The number of ether oxygens (including phenoxy) is 6. The average Bonchev–Trinajstić information content (AvgIpc) is 0.775. The second kappa shape index (κ2) is 31.6. The predicted molar refractivity (Wildman–Crippen MR) is 416 cm³/mol. The number of phenols is 10. The minimum absolute atomic E-state index is 0.0110. The Hall–Kier alpha value is -12.6. The van der Waals surface area contributed by atoms with E-state index in [4.69, 9.17) is 28.4 Å². The maximum absolute atomic E-state index is 10.1. The van der Waals surface area contributed by atoms with E-state index in [2.05, 4.69) is 24.3 Å². The molecular weight excluding hydrogens is 1360 g/mol. The van der Waals surface area contributed by atoms with E-state index in [0.717, 1.165) is 129 Å². The Balaban J connectivity index is 0.000000127. The van der Waals surface area contributed by atoms with Crippen LogP contribution in [0.1, 0.15) is 147 Å². The summed E-state index contributed by atoms with van der Waals surface area (Å²) in [5, 5.41) is 98.5. The van der Waals surface area contributed by atoms with Gasteiger partial charge < -0.3 is 79.5 Å². The van der Waals surface area contributed by atoms with Gasteiger partial charge in [0.15, 0.2) is 0 Å². The molecule has 16 heteroatoms.